The van der Waals surface area contributed by atoms with Crippen molar-refractivity contribution < 1.29 is 19.0 Å². The first kappa shape index (κ1) is 9.38. The van der Waals surface area contributed by atoms with Crippen molar-refractivity contribution in [2.75, 3.05) is 14.2 Å². The SMILES string of the molecule is COc1ccc(O[C]=O)cc1OC. The van der Waals surface area contributed by atoms with Gasteiger partial charge in [-0.05, 0) is 12.1 Å². The molecule has 69 valence electrons. The number of methoxy groups -OCH3 is 2. The summed E-state index contributed by atoms with van der Waals surface area (Å²) in [5, 5.41) is 0. The predicted molar refractivity (Wildman–Crippen MR) is 45.9 cm³/mol. The summed E-state index contributed by atoms with van der Waals surface area (Å²) in [7, 11) is 3.04. The molecule has 0 aromatic heterocycles. The molecule has 0 aliphatic rings. The number of hydrogen-bond donors (Lipinski definition) is 0. The Bertz CT molecular complexity index is 296. The molecule has 13 heavy (non-hydrogen) atoms. The second kappa shape index (κ2) is 4.35. The third-order valence-corrected chi connectivity index (χ3v) is 1.51. The Labute approximate surface area is 76.0 Å². The molecule has 0 aliphatic carbocycles. The maximum Gasteiger partial charge on any atom is 0.423 e. The molecule has 0 atom stereocenters. The average Bonchev–Trinajstić information content (AvgIpc) is 2.18. The zero-order chi connectivity index (χ0) is 9.68. The molecular formula is C9H9O4. The first-order valence-electron chi connectivity index (χ1n) is 3.58. The van der Waals surface area contributed by atoms with Crippen molar-refractivity contribution in [3.8, 4) is 17.2 Å². The Hall–Kier alpha value is -1.71. The molecule has 0 unspecified atom stereocenters. The molecule has 0 aliphatic heterocycles. The van der Waals surface area contributed by atoms with Crippen LogP contribution in [0.3, 0.4) is 0 Å². The molecule has 0 fully saturated rings. The molecule has 1 aromatic rings. The van der Waals surface area contributed by atoms with Gasteiger partial charge in [-0.3, -0.25) is 0 Å². The van der Waals surface area contributed by atoms with E-state index in [1.54, 1.807) is 18.2 Å². The van der Waals surface area contributed by atoms with Crippen LogP contribution in [0.1, 0.15) is 0 Å². The van der Waals surface area contributed by atoms with Crippen molar-refractivity contribution in [1.29, 1.82) is 0 Å². The summed E-state index contributed by atoms with van der Waals surface area (Å²) in [6.07, 6.45) is 0. The largest absolute Gasteiger partial charge is 0.493 e. The van der Waals surface area contributed by atoms with E-state index in [1.807, 2.05) is 0 Å². The zero-order valence-corrected chi connectivity index (χ0v) is 7.37. The fourth-order valence-electron chi connectivity index (χ4n) is 0.928. The van der Waals surface area contributed by atoms with E-state index in [9.17, 15) is 4.79 Å². The first-order valence-corrected chi connectivity index (χ1v) is 3.58. The average molecular weight is 181 g/mol. The van der Waals surface area contributed by atoms with Crippen LogP contribution in [-0.4, -0.2) is 20.7 Å². The van der Waals surface area contributed by atoms with Crippen LogP contribution in [0.15, 0.2) is 18.2 Å². The predicted octanol–water partition coefficient (Wildman–Crippen LogP) is 1.15. The van der Waals surface area contributed by atoms with E-state index in [4.69, 9.17) is 9.47 Å². The highest BCUT2D eigenvalue weighted by Crippen LogP contribution is 2.30. The third kappa shape index (κ3) is 2.11. The van der Waals surface area contributed by atoms with E-state index in [-0.39, 0.29) is 0 Å². The topological polar surface area (TPSA) is 44.8 Å². The first-order chi connectivity index (χ1) is 6.31. The molecule has 0 bridgehead atoms. The fraction of sp³-hybridized carbons (Fsp3) is 0.222. The summed E-state index contributed by atoms with van der Waals surface area (Å²) < 4.78 is 14.5. The highest BCUT2D eigenvalue weighted by Gasteiger charge is 2.04. The molecule has 0 N–H and O–H groups in total. The minimum Gasteiger partial charge on any atom is -0.493 e. The van der Waals surface area contributed by atoms with Crippen LogP contribution >= 0.6 is 0 Å². The number of rotatable bonds is 4. The van der Waals surface area contributed by atoms with Gasteiger partial charge in [0.15, 0.2) is 11.5 Å². The summed E-state index contributed by atoms with van der Waals surface area (Å²) >= 11 is 0. The van der Waals surface area contributed by atoms with Gasteiger partial charge in [0.25, 0.3) is 0 Å². The van der Waals surface area contributed by atoms with Crippen molar-refractivity contribution in [1.82, 2.24) is 0 Å². The van der Waals surface area contributed by atoms with Gasteiger partial charge in [-0.1, -0.05) is 0 Å². The van der Waals surface area contributed by atoms with Gasteiger partial charge < -0.3 is 14.2 Å². The van der Waals surface area contributed by atoms with Gasteiger partial charge in [-0.15, -0.1) is 0 Å². The molecular weight excluding hydrogens is 172 g/mol. The quantitative estimate of drug-likeness (QED) is 0.698. The summed E-state index contributed by atoms with van der Waals surface area (Å²) in [6, 6.07) is 4.78. The molecule has 0 heterocycles. The number of benzene rings is 1. The Kier molecular flexibility index (Phi) is 3.14. The molecule has 0 spiro atoms. The van der Waals surface area contributed by atoms with Crippen molar-refractivity contribution >= 4 is 6.47 Å². The second-order valence-electron chi connectivity index (χ2n) is 2.20. The maximum atomic E-state index is 9.91. The van der Waals surface area contributed by atoms with Crippen molar-refractivity contribution in [2.45, 2.75) is 0 Å². The fourth-order valence-corrected chi connectivity index (χ4v) is 0.928. The van der Waals surface area contributed by atoms with Crippen LogP contribution in [0, 0.1) is 0 Å². The molecule has 1 rings (SSSR count). The van der Waals surface area contributed by atoms with Crippen molar-refractivity contribution in [3.05, 3.63) is 18.2 Å². The van der Waals surface area contributed by atoms with Crippen molar-refractivity contribution in [2.24, 2.45) is 0 Å². The van der Waals surface area contributed by atoms with Crippen LogP contribution < -0.4 is 14.2 Å². The summed E-state index contributed by atoms with van der Waals surface area (Å²) in [5.74, 6) is 1.46. The van der Waals surface area contributed by atoms with Crippen LogP contribution in [-0.2, 0) is 4.79 Å². The number of hydrogen-bond acceptors (Lipinski definition) is 4. The van der Waals surface area contributed by atoms with E-state index in [1.165, 1.54) is 20.7 Å². The Morgan fingerprint density at radius 3 is 2.38 bits per heavy atom. The second-order valence-corrected chi connectivity index (χ2v) is 2.20. The maximum absolute atomic E-state index is 9.91. The van der Waals surface area contributed by atoms with Crippen molar-refractivity contribution in [3.63, 3.8) is 0 Å². The molecule has 0 amide bonds. The molecule has 0 saturated carbocycles. The normalized spacial score (nSPS) is 9.08. The molecule has 4 nitrogen and oxygen atoms in total. The minimum absolute atomic E-state index is 0.368. The molecule has 4 heteroatoms. The van der Waals surface area contributed by atoms with E-state index in [2.05, 4.69) is 4.74 Å². The van der Waals surface area contributed by atoms with E-state index < -0.39 is 0 Å². The van der Waals surface area contributed by atoms with Gasteiger partial charge in [0.2, 0.25) is 0 Å². The Morgan fingerprint density at radius 2 is 1.85 bits per heavy atom. The van der Waals surface area contributed by atoms with Crippen LogP contribution in [0.4, 0.5) is 0 Å². The smallest absolute Gasteiger partial charge is 0.423 e. The highest BCUT2D eigenvalue weighted by molar-refractivity contribution is 5.51. The molecule has 1 radical (unpaired) electrons. The third-order valence-electron chi connectivity index (χ3n) is 1.51. The van der Waals surface area contributed by atoms with Gasteiger partial charge >= 0.3 is 6.47 Å². The van der Waals surface area contributed by atoms with E-state index >= 15 is 0 Å². The highest BCUT2D eigenvalue weighted by atomic mass is 16.5. The van der Waals surface area contributed by atoms with Crippen LogP contribution in [0.5, 0.6) is 17.2 Å². The van der Waals surface area contributed by atoms with E-state index in [0.717, 1.165) is 0 Å². The van der Waals surface area contributed by atoms with Gasteiger partial charge in [0.05, 0.1) is 14.2 Å². The summed E-state index contributed by atoms with van der Waals surface area (Å²) in [6.45, 7) is 1.33. The van der Waals surface area contributed by atoms with Crippen LogP contribution in [0.25, 0.3) is 0 Å². The molecule has 0 saturated heterocycles. The lowest BCUT2D eigenvalue weighted by molar-refractivity contribution is 0.352. The minimum atomic E-state index is 0.368. The van der Waals surface area contributed by atoms with Crippen LogP contribution in [0.2, 0.25) is 0 Å². The van der Waals surface area contributed by atoms with E-state index in [0.29, 0.717) is 17.2 Å². The zero-order valence-electron chi connectivity index (χ0n) is 7.37. The summed E-state index contributed by atoms with van der Waals surface area (Å²) in [5.41, 5.74) is 0. The van der Waals surface area contributed by atoms with Gasteiger partial charge in [0.1, 0.15) is 5.75 Å². The number of ether oxygens (including phenoxy) is 3. The van der Waals surface area contributed by atoms with Gasteiger partial charge in [-0.25, -0.2) is 4.79 Å². The monoisotopic (exact) mass is 181 g/mol. The lowest BCUT2D eigenvalue weighted by Crippen LogP contribution is -1.93. The Balaban J connectivity index is 2.98. The lowest BCUT2D eigenvalue weighted by Gasteiger charge is -2.07. The lowest BCUT2D eigenvalue weighted by atomic mass is 10.3. The molecule has 1 aromatic carbocycles. The van der Waals surface area contributed by atoms with Gasteiger partial charge in [-0.2, -0.15) is 0 Å². The standard InChI is InChI=1S/C9H9O4/c1-11-8-4-3-7(13-6-10)5-9(8)12-2/h3-5H,1-2H3. The Morgan fingerprint density at radius 1 is 1.15 bits per heavy atom. The van der Waals surface area contributed by atoms with Gasteiger partial charge in [0, 0.05) is 6.07 Å². The summed E-state index contributed by atoms with van der Waals surface area (Å²) in [4.78, 5) is 9.91. The number of carbonyl (C=O) groups excluding carboxylic acids is 1.